The van der Waals surface area contributed by atoms with Crippen molar-refractivity contribution in [3.63, 3.8) is 0 Å². The van der Waals surface area contributed by atoms with Gasteiger partial charge in [-0.15, -0.1) is 0 Å². The summed E-state index contributed by atoms with van der Waals surface area (Å²) in [7, 11) is 0. The molecule has 0 aliphatic carbocycles. The Morgan fingerprint density at radius 2 is 1.05 bits per heavy atom. The monoisotopic (exact) mass is 286 g/mol. The lowest BCUT2D eigenvalue weighted by molar-refractivity contribution is -0.219. The first kappa shape index (κ1) is 15.9. The van der Waals surface area contributed by atoms with Crippen LogP contribution in [0.1, 0.15) is 27.7 Å². The average molecular weight is 286 g/mol. The Labute approximate surface area is 116 Å². The fraction of sp³-hybridized carbons (Fsp3) is 0.667. The Morgan fingerprint density at radius 1 is 0.750 bits per heavy atom. The Bertz CT molecular complexity index is 396. The molecule has 0 bridgehead atoms. The number of carbonyl (C=O) groups excluding carboxylic acids is 4. The number of nitrogens with zero attached hydrogens (tertiary/aromatic N) is 2. The first-order chi connectivity index (χ1) is 9.23. The van der Waals surface area contributed by atoms with Gasteiger partial charge in [-0.25, -0.2) is 0 Å². The van der Waals surface area contributed by atoms with Gasteiger partial charge in [0.1, 0.15) is 0 Å². The molecule has 0 spiro atoms. The molecule has 1 aliphatic heterocycles. The molecule has 2 amide bonds. The van der Waals surface area contributed by atoms with E-state index in [9.17, 15) is 19.2 Å². The summed E-state index contributed by atoms with van der Waals surface area (Å²) in [5.41, 5.74) is 0. The van der Waals surface area contributed by atoms with Crippen molar-refractivity contribution >= 4 is 23.8 Å². The van der Waals surface area contributed by atoms with Gasteiger partial charge in [0.15, 0.2) is 0 Å². The van der Waals surface area contributed by atoms with Crippen LogP contribution < -0.4 is 0 Å². The highest BCUT2D eigenvalue weighted by molar-refractivity contribution is 5.77. The minimum absolute atomic E-state index is 0.199. The van der Waals surface area contributed by atoms with Crippen molar-refractivity contribution in [3.8, 4) is 0 Å². The first-order valence-electron chi connectivity index (χ1n) is 6.13. The summed E-state index contributed by atoms with van der Waals surface area (Å²) < 4.78 is 10.1. The second-order valence-electron chi connectivity index (χ2n) is 4.42. The van der Waals surface area contributed by atoms with E-state index in [0.29, 0.717) is 0 Å². The minimum Gasteiger partial charge on any atom is -0.435 e. The molecule has 112 valence electrons. The van der Waals surface area contributed by atoms with Crippen molar-refractivity contribution in [2.75, 3.05) is 13.1 Å². The van der Waals surface area contributed by atoms with Gasteiger partial charge in [0.2, 0.25) is 24.3 Å². The molecule has 0 aromatic carbocycles. The highest BCUT2D eigenvalue weighted by Crippen LogP contribution is 2.21. The number of piperazine rings is 1. The molecule has 0 aromatic heterocycles. The summed E-state index contributed by atoms with van der Waals surface area (Å²) in [4.78, 5) is 48.1. The van der Waals surface area contributed by atoms with Crippen LogP contribution in [0.25, 0.3) is 0 Å². The van der Waals surface area contributed by atoms with E-state index in [1.54, 1.807) is 0 Å². The van der Waals surface area contributed by atoms with Crippen LogP contribution in [0.4, 0.5) is 0 Å². The van der Waals surface area contributed by atoms with E-state index >= 15 is 0 Å². The summed E-state index contributed by atoms with van der Waals surface area (Å²) in [6.07, 6.45) is -2.27. The Kier molecular flexibility index (Phi) is 5.06. The molecule has 8 heteroatoms. The van der Waals surface area contributed by atoms with Gasteiger partial charge in [0.25, 0.3) is 0 Å². The van der Waals surface area contributed by atoms with E-state index in [1.165, 1.54) is 37.5 Å². The van der Waals surface area contributed by atoms with Gasteiger partial charge < -0.3 is 19.3 Å². The molecule has 1 aliphatic rings. The predicted octanol–water partition coefficient (Wildman–Crippen LogP) is -0.525. The molecule has 0 saturated carbocycles. The molecule has 8 nitrogen and oxygen atoms in total. The fourth-order valence-corrected chi connectivity index (χ4v) is 2.03. The third-order valence-electron chi connectivity index (χ3n) is 2.82. The van der Waals surface area contributed by atoms with Gasteiger partial charge in [-0.3, -0.25) is 19.2 Å². The summed E-state index contributed by atoms with van der Waals surface area (Å²) in [6, 6.07) is 0. The van der Waals surface area contributed by atoms with Gasteiger partial charge in [-0.1, -0.05) is 0 Å². The third-order valence-corrected chi connectivity index (χ3v) is 2.82. The second kappa shape index (κ2) is 6.36. The van der Waals surface area contributed by atoms with Gasteiger partial charge in [0, 0.05) is 40.8 Å². The highest BCUT2D eigenvalue weighted by atomic mass is 16.6. The Balaban J connectivity index is 3.10. The van der Waals surface area contributed by atoms with Crippen LogP contribution in [0.2, 0.25) is 0 Å². The van der Waals surface area contributed by atoms with Gasteiger partial charge >= 0.3 is 11.9 Å². The van der Waals surface area contributed by atoms with E-state index in [1.807, 2.05) is 0 Å². The SMILES string of the molecule is CC(=O)OC1C(OC(C)=O)N(C(C)=O)CCN1C(C)=O. The number of carbonyl (C=O) groups is 4. The van der Waals surface area contributed by atoms with E-state index in [2.05, 4.69) is 0 Å². The molecule has 1 fully saturated rings. The van der Waals surface area contributed by atoms with Crippen LogP contribution >= 0.6 is 0 Å². The van der Waals surface area contributed by atoms with Crippen LogP contribution in [0.3, 0.4) is 0 Å². The lowest BCUT2D eigenvalue weighted by Gasteiger charge is -2.44. The zero-order chi connectivity index (χ0) is 15.4. The van der Waals surface area contributed by atoms with Crippen molar-refractivity contribution in [1.29, 1.82) is 0 Å². The smallest absolute Gasteiger partial charge is 0.304 e. The number of esters is 2. The summed E-state index contributed by atoms with van der Waals surface area (Å²) in [5, 5.41) is 0. The Morgan fingerprint density at radius 3 is 1.25 bits per heavy atom. The van der Waals surface area contributed by atoms with Crippen LogP contribution in [0.15, 0.2) is 0 Å². The largest absolute Gasteiger partial charge is 0.435 e. The van der Waals surface area contributed by atoms with Crippen LogP contribution in [-0.4, -0.2) is 59.1 Å². The minimum atomic E-state index is -1.13. The van der Waals surface area contributed by atoms with Crippen LogP contribution in [0, 0.1) is 0 Å². The molecule has 20 heavy (non-hydrogen) atoms. The molecule has 0 radical (unpaired) electrons. The van der Waals surface area contributed by atoms with Gasteiger partial charge in [0.05, 0.1) is 0 Å². The van der Waals surface area contributed by atoms with Crippen LogP contribution in [0.5, 0.6) is 0 Å². The number of hydrogen-bond donors (Lipinski definition) is 0. The third kappa shape index (κ3) is 3.69. The normalized spacial score (nSPS) is 22.2. The second-order valence-corrected chi connectivity index (χ2v) is 4.42. The average Bonchev–Trinajstić information content (AvgIpc) is 2.28. The van der Waals surface area contributed by atoms with Crippen molar-refractivity contribution in [2.45, 2.75) is 40.2 Å². The topological polar surface area (TPSA) is 93.2 Å². The molecular formula is C12H18N2O6. The number of ether oxygens (including phenoxy) is 2. The summed E-state index contributed by atoms with van der Waals surface area (Å²) in [5.74, 6) is -1.94. The maximum Gasteiger partial charge on any atom is 0.304 e. The highest BCUT2D eigenvalue weighted by Gasteiger charge is 2.43. The summed E-state index contributed by atoms with van der Waals surface area (Å²) in [6.45, 7) is 5.37. The summed E-state index contributed by atoms with van der Waals surface area (Å²) >= 11 is 0. The van der Waals surface area contributed by atoms with Crippen molar-refractivity contribution in [3.05, 3.63) is 0 Å². The molecule has 1 rings (SSSR count). The molecule has 2 unspecified atom stereocenters. The predicted molar refractivity (Wildman–Crippen MR) is 65.9 cm³/mol. The van der Waals surface area contributed by atoms with E-state index < -0.39 is 24.4 Å². The van der Waals surface area contributed by atoms with Crippen molar-refractivity contribution in [1.82, 2.24) is 9.80 Å². The number of rotatable bonds is 2. The van der Waals surface area contributed by atoms with Crippen molar-refractivity contribution < 1.29 is 28.7 Å². The van der Waals surface area contributed by atoms with E-state index in [0.717, 1.165) is 0 Å². The Hall–Kier alpha value is -2.12. The maximum atomic E-state index is 11.6. The fourth-order valence-electron chi connectivity index (χ4n) is 2.03. The number of amides is 2. The maximum absolute atomic E-state index is 11.6. The molecule has 2 atom stereocenters. The lowest BCUT2D eigenvalue weighted by atomic mass is 10.2. The standard InChI is InChI=1S/C12H18N2O6/c1-7(15)13-5-6-14(8(2)16)12(20-10(4)18)11(13)19-9(3)17/h11-12H,5-6H2,1-4H3. The molecule has 0 aromatic rings. The van der Waals surface area contributed by atoms with Crippen molar-refractivity contribution in [2.24, 2.45) is 0 Å². The zero-order valence-electron chi connectivity index (χ0n) is 11.9. The van der Waals surface area contributed by atoms with E-state index in [-0.39, 0.29) is 24.9 Å². The van der Waals surface area contributed by atoms with Gasteiger partial charge in [-0.2, -0.15) is 0 Å². The lowest BCUT2D eigenvalue weighted by Crippen LogP contribution is -2.64. The first-order valence-corrected chi connectivity index (χ1v) is 6.13. The van der Waals surface area contributed by atoms with Crippen LogP contribution in [-0.2, 0) is 28.7 Å². The molecule has 1 saturated heterocycles. The van der Waals surface area contributed by atoms with E-state index in [4.69, 9.17) is 9.47 Å². The zero-order valence-corrected chi connectivity index (χ0v) is 11.9. The molecular weight excluding hydrogens is 268 g/mol. The molecule has 1 heterocycles. The van der Waals surface area contributed by atoms with Gasteiger partial charge in [-0.05, 0) is 0 Å². The quantitative estimate of drug-likeness (QED) is 0.634. The molecule has 0 N–H and O–H groups in total. The number of hydrogen-bond acceptors (Lipinski definition) is 6.